The molecule has 10 nitrogen and oxygen atoms in total. The van der Waals surface area contributed by atoms with Crippen molar-refractivity contribution in [1.82, 2.24) is 13.7 Å². The van der Waals surface area contributed by atoms with Gasteiger partial charge in [0, 0.05) is 33.0 Å². The van der Waals surface area contributed by atoms with E-state index in [0.29, 0.717) is 4.57 Å². The summed E-state index contributed by atoms with van der Waals surface area (Å²) in [5, 5.41) is -0.195. The highest BCUT2D eigenvalue weighted by Gasteiger charge is 2.57. The number of aromatic nitrogens is 3. The van der Waals surface area contributed by atoms with Gasteiger partial charge in [0.05, 0.1) is 17.3 Å². The quantitative estimate of drug-likeness (QED) is 0.407. The number of rotatable bonds is 7. The molecule has 1 aliphatic rings. The number of hydrogen-bond acceptors (Lipinski definition) is 8. The van der Waals surface area contributed by atoms with Crippen LogP contribution in [0.15, 0.2) is 21.7 Å². The van der Waals surface area contributed by atoms with Crippen molar-refractivity contribution in [3.05, 3.63) is 48.7 Å². The van der Waals surface area contributed by atoms with Crippen molar-refractivity contribution >= 4 is 35.8 Å². The normalized spacial score (nSPS) is 14.4. The van der Waals surface area contributed by atoms with Crippen LogP contribution in [0.3, 0.4) is 0 Å². The van der Waals surface area contributed by atoms with Crippen molar-refractivity contribution in [2.24, 2.45) is 14.1 Å². The summed E-state index contributed by atoms with van der Waals surface area (Å²) in [6.45, 7) is 4.49. The molecule has 34 heavy (non-hydrogen) atoms. The average molecular weight is 516 g/mol. The minimum atomic E-state index is -1.57. The topological polar surface area (TPSA) is 111 Å². The fourth-order valence-electron chi connectivity index (χ4n) is 3.09. The lowest BCUT2D eigenvalue weighted by atomic mass is 10.1. The summed E-state index contributed by atoms with van der Waals surface area (Å²) in [5.74, 6) is -2.68. The smallest absolute Gasteiger partial charge is 0.351 e. The molecule has 1 aliphatic carbocycles. The van der Waals surface area contributed by atoms with E-state index in [9.17, 15) is 23.6 Å². The van der Waals surface area contributed by atoms with Crippen molar-refractivity contribution in [2.45, 2.75) is 44.8 Å². The number of carbonyl (C=O) groups is 2. The molecule has 0 unspecified atom stereocenters. The Morgan fingerprint density at radius 2 is 1.74 bits per heavy atom. The third-order valence-electron chi connectivity index (χ3n) is 5.27. The minimum Gasteiger partial charge on any atom is -0.474 e. The van der Waals surface area contributed by atoms with Crippen LogP contribution in [0.5, 0.6) is 5.75 Å². The van der Waals surface area contributed by atoms with Gasteiger partial charge >= 0.3 is 23.3 Å². The van der Waals surface area contributed by atoms with E-state index in [2.05, 4.69) is 0 Å². The molecule has 0 spiro atoms. The zero-order valence-electron chi connectivity index (χ0n) is 19.1. The summed E-state index contributed by atoms with van der Waals surface area (Å²) >= 11 is 11.2. The Morgan fingerprint density at radius 3 is 2.24 bits per heavy atom. The third-order valence-corrected chi connectivity index (χ3v) is 6.11. The van der Waals surface area contributed by atoms with Gasteiger partial charge in [-0.3, -0.25) is 9.13 Å². The van der Waals surface area contributed by atoms with E-state index < -0.39 is 46.0 Å². The second-order valence-corrected chi connectivity index (χ2v) is 9.02. The highest BCUT2D eigenvalue weighted by atomic mass is 35.5. The summed E-state index contributed by atoms with van der Waals surface area (Å²) < 4.78 is 33.4. The number of nitrogens with zero attached hydrogens (tertiary/aromatic N) is 3. The third kappa shape index (κ3) is 4.51. The molecular formula is C21H23ClFN3O7S. The van der Waals surface area contributed by atoms with Crippen molar-refractivity contribution in [3.63, 3.8) is 0 Å². The van der Waals surface area contributed by atoms with Crippen LogP contribution < -0.4 is 16.1 Å². The Bertz CT molecular complexity index is 1320. The second-order valence-electron chi connectivity index (χ2n) is 8.25. The molecule has 3 rings (SSSR count). The molecule has 0 atom stereocenters. The average Bonchev–Trinajstić information content (AvgIpc) is 3.55. The molecule has 0 amide bonds. The van der Waals surface area contributed by atoms with Crippen molar-refractivity contribution in [2.75, 3.05) is 6.61 Å². The second kappa shape index (κ2) is 8.99. The Hall–Kier alpha value is -2.99. The van der Waals surface area contributed by atoms with Crippen molar-refractivity contribution in [1.29, 1.82) is 0 Å². The Kier molecular flexibility index (Phi) is 6.78. The van der Waals surface area contributed by atoms with Gasteiger partial charge in [-0.25, -0.2) is 28.1 Å². The summed E-state index contributed by atoms with van der Waals surface area (Å²) in [7, 11) is 2.68. The van der Waals surface area contributed by atoms with E-state index in [4.69, 9.17) is 38.0 Å². The highest BCUT2D eigenvalue weighted by molar-refractivity contribution is 7.71. The summed E-state index contributed by atoms with van der Waals surface area (Å²) in [5.41, 5.74) is -5.22. The van der Waals surface area contributed by atoms with Crippen LogP contribution in [0.4, 0.5) is 4.39 Å². The zero-order chi connectivity index (χ0) is 25.6. The molecule has 1 heterocycles. The number of esters is 2. The fourth-order valence-corrected chi connectivity index (χ4v) is 3.43. The lowest BCUT2D eigenvalue weighted by Crippen LogP contribution is -2.44. The molecule has 184 valence electrons. The molecular weight excluding hydrogens is 493 g/mol. The molecule has 0 radical (unpaired) electrons. The molecule has 2 aromatic rings. The van der Waals surface area contributed by atoms with Crippen LogP contribution in [0.2, 0.25) is 5.02 Å². The van der Waals surface area contributed by atoms with E-state index in [1.54, 1.807) is 6.92 Å². The van der Waals surface area contributed by atoms with Crippen LogP contribution in [0.1, 0.15) is 33.6 Å². The minimum absolute atomic E-state index is 0.0546. The van der Waals surface area contributed by atoms with Crippen molar-refractivity contribution in [3.8, 4) is 11.4 Å². The summed E-state index contributed by atoms with van der Waals surface area (Å²) in [4.78, 5) is 50.3. The van der Waals surface area contributed by atoms with E-state index in [0.717, 1.165) is 21.3 Å². The number of ether oxygens (including phenoxy) is 3. The molecule has 0 saturated heterocycles. The van der Waals surface area contributed by atoms with Gasteiger partial charge in [-0.2, -0.15) is 0 Å². The number of benzene rings is 1. The maximum absolute atomic E-state index is 14.8. The van der Waals surface area contributed by atoms with Crippen LogP contribution in [-0.2, 0) is 33.2 Å². The van der Waals surface area contributed by atoms with Gasteiger partial charge in [-0.1, -0.05) is 11.6 Å². The first-order valence-corrected chi connectivity index (χ1v) is 11.0. The van der Waals surface area contributed by atoms with Gasteiger partial charge in [0.15, 0.2) is 4.77 Å². The predicted octanol–water partition coefficient (Wildman–Crippen LogP) is 2.19. The predicted molar refractivity (Wildman–Crippen MR) is 121 cm³/mol. The first kappa shape index (κ1) is 25.6. The molecule has 1 fully saturated rings. The first-order valence-electron chi connectivity index (χ1n) is 10.2. The van der Waals surface area contributed by atoms with Crippen LogP contribution >= 0.6 is 23.8 Å². The zero-order valence-corrected chi connectivity index (χ0v) is 20.7. The molecule has 0 N–H and O–H groups in total. The van der Waals surface area contributed by atoms with E-state index in [-0.39, 0.29) is 35.0 Å². The van der Waals surface area contributed by atoms with Crippen LogP contribution in [-0.4, -0.2) is 43.4 Å². The molecule has 1 saturated carbocycles. The highest BCUT2D eigenvalue weighted by Crippen LogP contribution is 2.44. The number of halogens is 2. The van der Waals surface area contributed by atoms with Gasteiger partial charge in [0.2, 0.25) is 11.2 Å². The monoisotopic (exact) mass is 515 g/mol. The standard InChI is InChI=1S/C21H23ClFN3O7S/c1-6-31-15(27)20(2,3)33-16(28)21(7-8-21)32-14-10-13(12(23)9-11(14)22)26-17(29)24(4)19(34)25(5)18(26)30/h9-10H,6-8H2,1-5H3. The Balaban J connectivity index is 2.00. The van der Waals surface area contributed by atoms with Crippen molar-refractivity contribution < 1.29 is 28.2 Å². The number of carbonyl (C=O) groups excluding carboxylic acids is 2. The maximum atomic E-state index is 14.8. The fraction of sp³-hybridized carbons (Fsp3) is 0.476. The summed E-state index contributed by atoms with van der Waals surface area (Å²) in [6.07, 6.45) is 0.490. The van der Waals surface area contributed by atoms with E-state index in [1.807, 2.05) is 0 Å². The molecule has 1 aromatic heterocycles. The lowest BCUT2D eigenvalue weighted by molar-refractivity contribution is -0.184. The lowest BCUT2D eigenvalue weighted by Gasteiger charge is -2.26. The van der Waals surface area contributed by atoms with Gasteiger partial charge < -0.3 is 14.2 Å². The molecule has 0 bridgehead atoms. The van der Waals surface area contributed by atoms with Gasteiger partial charge in [0.1, 0.15) is 11.6 Å². The molecule has 13 heteroatoms. The SMILES string of the molecule is CCOC(=O)C(C)(C)OC(=O)C1(Oc2cc(-n3c(=O)n(C)c(=S)n(C)c3=O)c(F)cc2Cl)CC1. The molecule has 1 aromatic carbocycles. The van der Waals surface area contributed by atoms with E-state index in [1.165, 1.54) is 27.9 Å². The summed E-state index contributed by atoms with van der Waals surface area (Å²) in [6, 6.07) is 1.91. The molecule has 0 aliphatic heterocycles. The van der Waals surface area contributed by atoms with Crippen LogP contribution in [0.25, 0.3) is 5.69 Å². The largest absolute Gasteiger partial charge is 0.474 e. The maximum Gasteiger partial charge on any atom is 0.351 e. The van der Waals surface area contributed by atoms with Crippen LogP contribution in [0, 0.1) is 10.6 Å². The Morgan fingerprint density at radius 1 is 1.18 bits per heavy atom. The van der Waals surface area contributed by atoms with Gasteiger partial charge in [-0.15, -0.1) is 0 Å². The van der Waals surface area contributed by atoms with E-state index >= 15 is 0 Å². The van der Waals surface area contributed by atoms with Gasteiger partial charge in [-0.05, 0) is 39.1 Å². The Labute approximate surface area is 203 Å². The number of hydrogen-bond donors (Lipinski definition) is 0. The first-order chi connectivity index (χ1) is 15.8. The van der Waals surface area contributed by atoms with Gasteiger partial charge in [0.25, 0.3) is 0 Å².